The minimum atomic E-state index is 0.536. The summed E-state index contributed by atoms with van der Waals surface area (Å²) in [5.41, 5.74) is 0.536. The molecule has 0 amide bonds. The summed E-state index contributed by atoms with van der Waals surface area (Å²) in [5, 5.41) is 3.87. The van der Waals surface area contributed by atoms with Gasteiger partial charge in [0.05, 0.1) is 0 Å². The van der Waals surface area contributed by atoms with Gasteiger partial charge in [0.1, 0.15) is 0 Å². The van der Waals surface area contributed by atoms with Gasteiger partial charge in [-0.25, -0.2) is 0 Å². The molecule has 4 aliphatic carbocycles. The van der Waals surface area contributed by atoms with E-state index in [1.54, 1.807) is 19.3 Å². The lowest BCUT2D eigenvalue weighted by Gasteiger charge is -2.42. The van der Waals surface area contributed by atoms with E-state index in [-0.39, 0.29) is 0 Å². The highest BCUT2D eigenvalue weighted by molar-refractivity contribution is 5.18. The van der Waals surface area contributed by atoms with E-state index in [0.717, 1.165) is 29.7 Å². The molecule has 100 valence electrons. The van der Waals surface area contributed by atoms with E-state index in [0.29, 0.717) is 5.54 Å². The summed E-state index contributed by atoms with van der Waals surface area (Å²) in [4.78, 5) is 2.92. The molecule has 5 fully saturated rings. The zero-order chi connectivity index (χ0) is 11.7. The van der Waals surface area contributed by atoms with Gasteiger partial charge in [0.15, 0.2) is 0 Å². The molecule has 1 spiro atoms. The van der Waals surface area contributed by atoms with Crippen molar-refractivity contribution in [1.29, 1.82) is 0 Å². The molecule has 2 heteroatoms. The Kier molecular flexibility index (Phi) is 2.09. The van der Waals surface area contributed by atoms with Gasteiger partial charge in [-0.3, -0.25) is 4.90 Å². The van der Waals surface area contributed by atoms with Crippen LogP contribution >= 0.6 is 0 Å². The van der Waals surface area contributed by atoms with E-state index in [2.05, 4.69) is 10.2 Å². The van der Waals surface area contributed by atoms with Gasteiger partial charge in [-0.05, 0) is 55.8 Å². The summed E-state index contributed by atoms with van der Waals surface area (Å²) < 4.78 is 0. The van der Waals surface area contributed by atoms with Gasteiger partial charge in [0, 0.05) is 31.2 Å². The van der Waals surface area contributed by atoms with Gasteiger partial charge in [-0.2, -0.15) is 0 Å². The van der Waals surface area contributed by atoms with Crippen LogP contribution in [0.2, 0.25) is 0 Å². The first kappa shape index (κ1) is 10.7. The summed E-state index contributed by atoms with van der Waals surface area (Å²) >= 11 is 0. The molecule has 1 saturated heterocycles. The first-order chi connectivity index (χ1) is 8.86. The average molecular weight is 246 g/mol. The number of rotatable bonds is 1. The fraction of sp³-hybridized carbons (Fsp3) is 1.00. The van der Waals surface area contributed by atoms with E-state index < -0.39 is 0 Å². The molecule has 2 bridgehead atoms. The second-order valence-electron chi connectivity index (χ2n) is 7.86. The molecule has 0 radical (unpaired) electrons. The van der Waals surface area contributed by atoms with Crippen LogP contribution < -0.4 is 5.32 Å². The largest absolute Gasteiger partial charge is 0.309 e. The molecule has 1 heterocycles. The Bertz CT molecular complexity index is 344. The third kappa shape index (κ3) is 1.31. The molecule has 2 nitrogen and oxygen atoms in total. The fourth-order valence-electron chi connectivity index (χ4n) is 6.40. The summed E-state index contributed by atoms with van der Waals surface area (Å²) in [7, 11) is 0. The molecule has 0 aromatic heterocycles. The number of hydrogen-bond acceptors (Lipinski definition) is 2. The summed E-state index contributed by atoms with van der Waals surface area (Å²) in [6.45, 7) is 3.97. The maximum absolute atomic E-state index is 3.87. The average Bonchev–Trinajstić information content (AvgIpc) is 2.75. The molecular formula is C16H26N2. The monoisotopic (exact) mass is 246 g/mol. The number of hydrogen-bond donors (Lipinski definition) is 1. The van der Waals surface area contributed by atoms with Crippen LogP contribution in [0.4, 0.5) is 0 Å². The Morgan fingerprint density at radius 2 is 1.72 bits per heavy atom. The molecule has 5 aliphatic rings. The number of piperazine rings is 1. The second kappa shape index (κ2) is 3.52. The third-order valence-electron chi connectivity index (χ3n) is 7.08. The smallest absolute Gasteiger partial charge is 0.0309 e. The molecule has 0 aromatic carbocycles. The van der Waals surface area contributed by atoms with Gasteiger partial charge in [-0.1, -0.05) is 12.8 Å². The Hall–Kier alpha value is -0.0800. The zero-order valence-corrected chi connectivity index (χ0v) is 11.4. The van der Waals surface area contributed by atoms with Crippen LogP contribution in [-0.2, 0) is 0 Å². The van der Waals surface area contributed by atoms with Crippen molar-refractivity contribution < 1.29 is 0 Å². The van der Waals surface area contributed by atoms with Crippen LogP contribution in [0.1, 0.15) is 44.9 Å². The summed E-state index contributed by atoms with van der Waals surface area (Å²) in [6.07, 6.45) is 10.5. The van der Waals surface area contributed by atoms with Crippen molar-refractivity contribution in [3.05, 3.63) is 0 Å². The maximum Gasteiger partial charge on any atom is 0.0309 e. The molecule has 1 aliphatic heterocycles. The van der Waals surface area contributed by atoms with E-state index in [1.807, 2.05) is 0 Å². The highest BCUT2D eigenvalue weighted by Crippen LogP contribution is 2.67. The Labute approximate surface area is 110 Å². The van der Waals surface area contributed by atoms with E-state index in [9.17, 15) is 0 Å². The van der Waals surface area contributed by atoms with E-state index in [4.69, 9.17) is 0 Å². The lowest BCUT2D eigenvalue weighted by atomic mass is 9.93. The van der Waals surface area contributed by atoms with Crippen molar-refractivity contribution in [3.8, 4) is 0 Å². The van der Waals surface area contributed by atoms with Crippen LogP contribution in [0, 0.1) is 23.7 Å². The molecule has 4 unspecified atom stereocenters. The number of nitrogens with zero attached hydrogens (tertiary/aromatic N) is 1. The van der Waals surface area contributed by atoms with Crippen molar-refractivity contribution >= 4 is 0 Å². The first-order valence-electron chi connectivity index (χ1n) is 8.35. The van der Waals surface area contributed by atoms with Crippen molar-refractivity contribution in [2.75, 3.05) is 19.6 Å². The minimum absolute atomic E-state index is 0.536. The zero-order valence-electron chi connectivity index (χ0n) is 11.4. The minimum Gasteiger partial charge on any atom is -0.309 e. The van der Waals surface area contributed by atoms with Crippen LogP contribution in [0.5, 0.6) is 0 Å². The van der Waals surface area contributed by atoms with Crippen LogP contribution in [0.25, 0.3) is 0 Å². The van der Waals surface area contributed by atoms with Crippen LogP contribution in [-0.4, -0.2) is 36.1 Å². The predicted octanol–water partition coefficient (Wildman–Crippen LogP) is 2.25. The Balaban J connectivity index is 1.33. The van der Waals surface area contributed by atoms with Crippen molar-refractivity contribution in [1.82, 2.24) is 10.2 Å². The Morgan fingerprint density at radius 1 is 1.00 bits per heavy atom. The molecule has 4 atom stereocenters. The van der Waals surface area contributed by atoms with Gasteiger partial charge >= 0.3 is 0 Å². The van der Waals surface area contributed by atoms with Gasteiger partial charge in [-0.15, -0.1) is 0 Å². The number of fused-ring (bicyclic) bond motifs is 5. The second-order valence-corrected chi connectivity index (χ2v) is 7.86. The van der Waals surface area contributed by atoms with E-state index >= 15 is 0 Å². The van der Waals surface area contributed by atoms with Gasteiger partial charge in [0.2, 0.25) is 0 Å². The van der Waals surface area contributed by atoms with Gasteiger partial charge in [0.25, 0.3) is 0 Å². The molecule has 4 saturated carbocycles. The first-order valence-corrected chi connectivity index (χ1v) is 8.35. The number of nitrogens with one attached hydrogen (secondary N) is 1. The molecular weight excluding hydrogens is 220 g/mol. The summed E-state index contributed by atoms with van der Waals surface area (Å²) in [5.74, 6) is 4.56. The van der Waals surface area contributed by atoms with E-state index in [1.165, 1.54) is 45.3 Å². The molecule has 18 heavy (non-hydrogen) atoms. The molecule has 0 aromatic rings. The maximum atomic E-state index is 3.87. The van der Waals surface area contributed by atoms with Crippen LogP contribution in [0.3, 0.4) is 0 Å². The quantitative estimate of drug-likeness (QED) is 0.763. The third-order valence-corrected chi connectivity index (χ3v) is 7.08. The highest BCUT2D eigenvalue weighted by Gasteiger charge is 2.67. The normalized spacial score (nSPS) is 53.0. The van der Waals surface area contributed by atoms with Gasteiger partial charge < -0.3 is 5.32 Å². The van der Waals surface area contributed by atoms with Crippen molar-refractivity contribution in [3.63, 3.8) is 0 Å². The standard InChI is InChI=1S/C16H26N2/c1-2-6-16(5-1)10-18(8-7-17-16)15-13-11-3-4-12(9-11)14(13)15/h11-15,17H,1-10H2. The van der Waals surface area contributed by atoms with Crippen LogP contribution in [0.15, 0.2) is 0 Å². The molecule has 1 N–H and O–H groups in total. The fourth-order valence-corrected chi connectivity index (χ4v) is 6.40. The summed E-state index contributed by atoms with van der Waals surface area (Å²) in [6, 6.07) is 1.02. The highest BCUT2D eigenvalue weighted by atomic mass is 15.3. The SMILES string of the molecule is C1CCC2(C1)CN(C1C3C4CCC(C4)C31)CCN2. The Morgan fingerprint density at radius 3 is 2.44 bits per heavy atom. The topological polar surface area (TPSA) is 15.3 Å². The van der Waals surface area contributed by atoms with Crippen molar-refractivity contribution in [2.45, 2.75) is 56.5 Å². The lowest BCUT2D eigenvalue weighted by Crippen LogP contribution is -2.60. The predicted molar refractivity (Wildman–Crippen MR) is 72.4 cm³/mol. The lowest BCUT2D eigenvalue weighted by molar-refractivity contribution is 0.110. The van der Waals surface area contributed by atoms with Crippen molar-refractivity contribution in [2.24, 2.45) is 23.7 Å². The molecule has 5 rings (SSSR count).